The third-order valence-corrected chi connectivity index (χ3v) is 4.95. The normalized spacial score (nSPS) is 16.2. The van der Waals surface area contributed by atoms with Crippen LogP contribution in [0.4, 0.5) is 4.79 Å². The van der Waals surface area contributed by atoms with Crippen molar-refractivity contribution in [3.05, 3.63) is 71.7 Å². The lowest BCUT2D eigenvalue weighted by Gasteiger charge is -2.30. The summed E-state index contributed by atoms with van der Waals surface area (Å²) in [6.45, 7) is 2.22. The summed E-state index contributed by atoms with van der Waals surface area (Å²) in [5.41, 5.74) is 3.19. The average molecular weight is 406 g/mol. The summed E-state index contributed by atoms with van der Waals surface area (Å²) in [6, 6.07) is 13.8. The molecule has 0 bridgehead atoms. The van der Waals surface area contributed by atoms with Gasteiger partial charge >= 0.3 is 12.0 Å². The average Bonchev–Trinajstić information content (AvgIpc) is 3.16. The van der Waals surface area contributed by atoms with Gasteiger partial charge in [-0.15, -0.1) is 0 Å². The van der Waals surface area contributed by atoms with Gasteiger partial charge in [-0.3, -0.25) is 0 Å². The van der Waals surface area contributed by atoms with E-state index in [4.69, 9.17) is 9.47 Å². The number of methoxy groups -OCH3 is 1. The Labute approximate surface area is 173 Å². The summed E-state index contributed by atoms with van der Waals surface area (Å²) in [6.07, 6.45) is 1.69. The summed E-state index contributed by atoms with van der Waals surface area (Å²) in [7, 11) is 1.55. The van der Waals surface area contributed by atoms with Gasteiger partial charge in [0.15, 0.2) is 0 Å². The van der Waals surface area contributed by atoms with Gasteiger partial charge in [-0.05, 0) is 25.1 Å². The molecule has 0 saturated heterocycles. The molecule has 8 heteroatoms. The van der Waals surface area contributed by atoms with Gasteiger partial charge < -0.3 is 24.7 Å². The first kappa shape index (κ1) is 19.5. The molecule has 0 spiro atoms. The van der Waals surface area contributed by atoms with E-state index in [0.717, 1.165) is 11.0 Å². The Balaban J connectivity index is 1.84. The highest BCUT2D eigenvalue weighted by atomic mass is 16.5. The van der Waals surface area contributed by atoms with Crippen LogP contribution in [-0.2, 0) is 16.1 Å². The number of benzene rings is 2. The van der Waals surface area contributed by atoms with Gasteiger partial charge in [0, 0.05) is 5.56 Å². The van der Waals surface area contributed by atoms with Crippen molar-refractivity contribution in [2.24, 2.45) is 0 Å². The van der Waals surface area contributed by atoms with E-state index in [-0.39, 0.29) is 13.2 Å². The van der Waals surface area contributed by atoms with E-state index >= 15 is 0 Å². The van der Waals surface area contributed by atoms with Crippen LogP contribution in [0.2, 0.25) is 0 Å². The molecule has 2 aromatic carbocycles. The monoisotopic (exact) mass is 406 g/mol. The second-order valence-electron chi connectivity index (χ2n) is 6.75. The number of amides is 2. The van der Waals surface area contributed by atoms with Crippen molar-refractivity contribution in [3.8, 4) is 5.75 Å². The Morgan fingerprint density at radius 1 is 1.17 bits per heavy atom. The Kier molecular flexibility index (Phi) is 5.38. The number of fused-ring (bicyclic) bond motifs is 1. The van der Waals surface area contributed by atoms with E-state index in [0.29, 0.717) is 22.6 Å². The molecule has 154 valence electrons. The lowest BCUT2D eigenvalue weighted by molar-refractivity contribution is -0.139. The van der Waals surface area contributed by atoms with Gasteiger partial charge in [-0.1, -0.05) is 30.3 Å². The second-order valence-corrected chi connectivity index (χ2v) is 6.75. The predicted molar refractivity (Wildman–Crippen MR) is 111 cm³/mol. The number of esters is 1. The van der Waals surface area contributed by atoms with Crippen LogP contribution in [0.3, 0.4) is 0 Å². The first-order valence-electron chi connectivity index (χ1n) is 9.62. The fraction of sp³-hybridized carbons (Fsp3) is 0.227. The molecule has 1 aliphatic rings. The minimum Gasteiger partial charge on any atom is -0.496 e. The van der Waals surface area contributed by atoms with E-state index in [1.54, 1.807) is 26.4 Å². The largest absolute Gasteiger partial charge is 0.496 e. The van der Waals surface area contributed by atoms with Crippen molar-refractivity contribution in [3.63, 3.8) is 0 Å². The van der Waals surface area contributed by atoms with Crippen LogP contribution in [0.5, 0.6) is 5.75 Å². The molecule has 8 nitrogen and oxygen atoms in total. The van der Waals surface area contributed by atoms with E-state index in [1.165, 1.54) is 0 Å². The van der Waals surface area contributed by atoms with Gasteiger partial charge in [-0.2, -0.15) is 0 Å². The number of imidazole rings is 1. The number of nitrogens with one attached hydrogen (secondary N) is 2. The molecule has 1 atom stereocenters. The smallest absolute Gasteiger partial charge is 0.338 e. The third kappa shape index (κ3) is 3.59. The molecular formula is C22H22N4O4. The number of ether oxygens (including phenoxy) is 2. The number of hydrogen-bond donors (Lipinski definition) is 2. The molecule has 0 unspecified atom stereocenters. The van der Waals surface area contributed by atoms with Gasteiger partial charge in [0.2, 0.25) is 0 Å². The van der Waals surface area contributed by atoms with Gasteiger partial charge in [-0.25, -0.2) is 14.6 Å². The molecule has 30 heavy (non-hydrogen) atoms. The van der Waals surface area contributed by atoms with E-state index in [9.17, 15) is 9.59 Å². The second kappa shape index (κ2) is 8.28. The molecule has 3 aromatic rings. The standard InChI is InChI=1S/C22H22N4O4/c1-3-30-21(27)19-16(12-26-13-23-15-9-5-6-10-17(15)26)24-22(28)25-20(19)14-8-4-7-11-18(14)29-2/h4-11,13,20H,3,12H2,1-2H3,(H2,24,25,28)/t20-/m0/s1. The number of aromatic nitrogens is 2. The molecule has 1 aliphatic heterocycles. The summed E-state index contributed by atoms with van der Waals surface area (Å²) in [5.74, 6) is 0.0688. The van der Waals surface area contributed by atoms with E-state index < -0.39 is 18.0 Å². The number of urea groups is 1. The summed E-state index contributed by atoms with van der Waals surface area (Å²) >= 11 is 0. The molecule has 2 heterocycles. The fourth-order valence-electron chi connectivity index (χ4n) is 3.64. The Hall–Kier alpha value is -3.81. The Morgan fingerprint density at radius 3 is 2.73 bits per heavy atom. The zero-order chi connectivity index (χ0) is 21.1. The van der Waals surface area contributed by atoms with Crippen molar-refractivity contribution in [1.82, 2.24) is 20.2 Å². The predicted octanol–water partition coefficient (Wildman–Crippen LogP) is 2.92. The topological polar surface area (TPSA) is 94.5 Å². The van der Waals surface area contributed by atoms with Crippen molar-refractivity contribution in [2.45, 2.75) is 19.5 Å². The highest BCUT2D eigenvalue weighted by molar-refractivity contribution is 5.95. The van der Waals surface area contributed by atoms with E-state index in [2.05, 4.69) is 15.6 Å². The maximum Gasteiger partial charge on any atom is 0.338 e. The summed E-state index contributed by atoms with van der Waals surface area (Å²) in [4.78, 5) is 29.8. The summed E-state index contributed by atoms with van der Waals surface area (Å²) < 4.78 is 12.7. The Morgan fingerprint density at radius 2 is 1.93 bits per heavy atom. The molecule has 0 fully saturated rings. The number of nitrogens with zero attached hydrogens (tertiary/aromatic N) is 2. The van der Waals surface area contributed by atoms with Crippen molar-refractivity contribution >= 4 is 23.0 Å². The number of carbonyl (C=O) groups is 2. The Bertz CT molecular complexity index is 1130. The number of carbonyl (C=O) groups excluding carboxylic acids is 2. The van der Waals surface area contributed by atoms with E-state index in [1.807, 2.05) is 47.0 Å². The lowest BCUT2D eigenvalue weighted by atomic mass is 9.94. The SMILES string of the molecule is CCOC(=O)C1=C(Cn2cnc3ccccc32)NC(=O)N[C@H]1c1ccccc1OC. The molecule has 2 N–H and O–H groups in total. The molecule has 2 amide bonds. The fourth-order valence-corrected chi connectivity index (χ4v) is 3.64. The van der Waals surface area contributed by atoms with Crippen molar-refractivity contribution < 1.29 is 19.1 Å². The molecular weight excluding hydrogens is 384 g/mol. The first-order valence-corrected chi connectivity index (χ1v) is 9.62. The van der Waals surface area contributed by atoms with Gasteiger partial charge in [0.05, 0.1) is 54.9 Å². The zero-order valence-corrected chi connectivity index (χ0v) is 16.7. The number of para-hydroxylation sites is 3. The molecule has 0 saturated carbocycles. The summed E-state index contributed by atoms with van der Waals surface area (Å²) in [5, 5.41) is 5.62. The lowest BCUT2D eigenvalue weighted by Crippen LogP contribution is -2.47. The van der Waals surface area contributed by atoms with Crippen LogP contribution in [-0.4, -0.2) is 35.3 Å². The maximum atomic E-state index is 13.0. The van der Waals surface area contributed by atoms with Crippen molar-refractivity contribution in [1.29, 1.82) is 0 Å². The minimum absolute atomic E-state index is 0.218. The van der Waals surface area contributed by atoms with Crippen LogP contribution in [0.15, 0.2) is 66.1 Å². The number of hydrogen-bond acceptors (Lipinski definition) is 5. The molecule has 4 rings (SSSR count). The molecule has 0 radical (unpaired) electrons. The van der Waals surface area contributed by atoms with Crippen LogP contribution in [0.1, 0.15) is 18.5 Å². The van der Waals surface area contributed by atoms with Crippen LogP contribution in [0.25, 0.3) is 11.0 Å². The number of rotatable bonds is 6. The number of allylic oxidation sites excluding steroid dienone is 1. The quantitative estimate of drug-likeness (QED) is 0.614. The molecule has 1 aromatic heterocycles. The molecule has 0 aliphatic carbocycles. The van der Waals surface area contributed by atoms with Crippen LogP contribution in [0, 0.1) is 0 Å². The van der Waals surface area contributed by atoms with Gasteiger partial charge in [0.25, 0.3) is 0 Å². The van der Waals surface area contributed by atoms with Gasteiger partial charge in [0.1, 0.15) is 5.75 Å². The third-order valence-electron chi connectivity index (χ3n) is 4.95. The van der Waals surface area contributed by atoms with Crippen LogP contribution >= 0.6 is 0 Å². The minimum atomic E-state index is -0.710. The highest BCUT2D eigenvalue weighted by Crippen LogP contribution is 2.34. The maximum absolute atomic E-state index is 13.0. The van der Waals surface area contributed by atoms with Crippen LogP contribution < -0.4 is 15.4 Å². The van der Waals surface area contributed by atoms with Crippen molar-refractivity contribution in [2.75, 3.05) is 13.7 Å². The highest BCUT2D eigenvalue weighted by Gasteiger charge is 2.35. The first-order chi connectivity index (χ1) is 14.6. The zero-order valence-electron chi connectivity index (χ0n) is 16.7.